The number of halogens is 3. The number of benzene rings is 2. The molecule has 1 aliphatic rings. The van der Waals surface area contributed by atoms with Crippen molar-refractivity contribution in [1.29, 1.82) is 5.26 Å². The summed E-state index contributed by atoms with van der Waals surface area (Å²) in [4.78, 5) is 12.6. The molecule has 11 heteroatoms. The monoisotopic (exact) mass is 494 g/mol. The Morgan fingerprint density at radius 1 is 1.06 bits per heavy atom. The van der Waals surface area contributed by atoms with Crippen molar-refractivity contribution < 1.29 is 26.4 Å². The van der Waals surface area contributed by atoms with Crippen LogP contribution in [0.2, 0.25) is 0 Å². The third-order valence-electron chi connectivity index (χ3n) is 5.87. The number of anilines is 2. The van der Waals surface area contributed by atoms with Crippen molar-refractivity contribution in [2.75, 3.05) is 22.9 Å². The van der Waals surface area contributed by atoms with Gasteiger partial charge in [-0.1, -0.05) is 0 Å². The van der Waals surface area contributed by atoms with Crippen LogP contribution >= 0.6 is 0 Å². The van der Waals surface area contributed by atoms with Gasteiger partial charge < -0.3 is 10.6 Å². The molecular weight excluding hydrogens is 469 g/mol. The van der Waals surface area contributed by atoms with Gasteiger partial charge in [-0.15, -0.1) is 0 Å². The third-order valence-corrected chi connectivity index (χ3v) is 7.07. The van der Waals surface area contributed by atoms with Crippen LogP contribution in [0.1, 0.15) is 47.2 Å². The van der Waals surface area contributed by atoms with Crippen LogP contribution in [0.15, 0.2) is 42.5 Å². The molecule has 1 aliphatic carbocycles. The molecular formula is C23H25F3N4O3S. The van der Waals surface area contributed by atoms with E-state index in [1.807, 2.05) is 0 Å². The fraction of sp³-hybridized carbons (Fsp3) is 0.391. The highest BCUT2D eigenvalue weighted by atomic mass is 32.2. The zero-order valence-electron chi connectivity index (χ0n) is 18.7. The molecule has 2 aromatic carbocycles. The second-order valence-electron chi connectivity index (χ2n) is 8.31. The summed E-state index contributed by atoms with van der Waals surface area (Å²) in [6.45, 7) is 0. The van der Waals surface area contributed by atoms with Gasteiger partial charge in [0.15, 0.2) is 0 Å². The summed E-state index contributed by atoms with van der Waals surface area (Å²) in [7, 11) is -1.97. The average Bonchev–Trinajstić information content (AvgIpc) is 2.78. The molecule has 3 rings (SSSR count). The summed E-state index contributed by atoms with van der Waals surface area (Å²) >= 11 is 0. The van der Waals surface area contributed by atoms with Gasteiger partial charge in [0, 0.05) is 30.4 Å². The van der Waals surface area contributed by atoms with Crippen molar-refractivity contribution in [3.05, 3.63) is 59.2 Å². The largest absolute Gasteiger partial charge is 0.417 e. The highest BCUT2D eigenvalue weighted by Crippen LogP contribution is 2.34. The van der Waals surface area contributed by atoms with Gasteiger partial charge in [0.2, 0.25) is 10.0 Å². The minimum Gasteiger partial charge on any atom is -0.382 e. The standard InChI is InChI=1S/C23H25F3N4O3S/c1-30(34(2,32)33)20-11-4-15(5-12-20)22(31)29-18-9-7-17(8-10-18)28-19-6-3-16(14-27)21(13-19)23(24,25)26/h3-6,11-13,17-18,28H,7-10H2,1-2H3,(H,29,31). The highest BCUT2D eigenvalue weighted by Gasteiger charge is 2.34. The van der Waals surface area contributed by atoms with Crippen molar-refractivity contribution in [3.8, 4) is 6.07 Å². The molecule has 1 amide bonds. The predicted octanol–water partition coefficient (Wildman–Crippen LogP) is 4.13. The Hall–Kier alpha value is -3.26. The van der Waals surface area contributed by atoms with Crippen LogP contribution in [0, 0.1) is 11.3 Å². The SMILES string of the molecule is CN(c1ccc(C(=O)NC2CCC(Nc3ccc(C#N)c(C(F)(F)F)c3)CC2)cc1)S(C)(=O)=O. The van der Waals surface area contributed by atoms with E-state index >= 15 is 0 Å². The van der Waals surface area contributed by atoms with Crippen molar-refractivity contribution >= 4 is 27.3 Å². The minimum absolute atomic E-state index is 0.0482. The van der Waals surface area contributed by atoms with Gasteiger partial charge in [0.05, 0.1) is 29.1 Å². The Kier molecular flexibility index (Phi) is 7.41. The van der Waals surface area contributed by atoms with E-state index in [0.717, 1.165) is 22.7 Å². The summed E-state index contributed by atoms with van der Waals surface area (Å²) in [5.74, 6) is -0.271. The second kappa shape index (κ2) is 9.93. The number of hydrogen-bond acceptors (Lipinski definition) is 5. The molecule has 34 heavy (non-hydrogen) atoms. The molecule has 0 atom stereocenters. The Morgan fingerprint density at radius 3 is 2.18 bits per heavy atom. The number of amides is 1. The van der Waals surface area contributed by atoms with Crippen LogP contribution in [0.3, 0.4) is 0 Å². The van der Waals surface area contributed by atoms with Gasteiger partial charge in [0.1, 0.15) is 0 Å². The normalized spacial score (nSPS) is 18.6. The smallest absolute Gasteiger partial charge is 0.382 e. The summed E-state index contributed by atoms with van der Waals surface area (Å²) < 4.78 is 63.9. The van der Waals surface area contributed by atoms with Gasteiger partial charge in [-0.05, 0) is 68.1 Å². The molecule has 0 aliphatic heterocycles. The molecule has 182 valence electrons. The maximum Gasteiger partial charge on any atom is 0.417 e. The lowest BCUT2D eigenvalue weighted by atomic mass is 9.90. The summed E-state index contributed by atoms with van der Waals surface area (Å²) in [6, 6.07) is 11.3. The van der Waals surface area contributed by atoms with Crippen LogP contribution in [0.5, 0.6) is 0 Å². The Bertz CT molecular complexity index is 1180. The van der Waals surface area contributed by atoms with Gasteiger partial charge >= 0.3 is 6.18 Å². The molecule has 0 heterocycles. The first-order chi connectivity index (χ1) is 15.9. The quantitative estimate of drug-likeness (QED) is 0.629. The number of nitrogens with zero attached hydrogens (tertiary/aromatic N) is 2. The van der Waals surface area contributed by atoms with E-state index in [9.17, 15) is 26.4 Å². The van der Waals surface area contributed by atoms with E-state index in [1.165, 1.54) is 13.1 Å². The second-order valence-corrected chi connectivity index (χ2v) is 10.3. The number of carbonyl (C=O) groups excluding carboxylic acids is 1. The molecule has 1 saturated carbocycles. The van der Waals surface area contributed by atoms with E-state index in [2.05, 4.69) is 10.6 Å². The summed E-state index contributed by atoms with van der Waals surface area (Å²) in [6.07, 6.45) is -0.894. The summed E-state index contributed by atoms with van der Waals surface area (Å²) in [5, 5.41) is 15.0. The number of nitrogens with one attached hydrogen (secondary N) is 2. The predicted molar refractivity (Wildman–Crippen MR) is 123 cm³/mol. The summed E-state index contributed by atoms with van der Waals surface area (Å²) in [5.41, 5.74) is -0.224. The lowest BCUT2D eigenvalue weighted by Gasteiger charge is -2.30. The number of nitriles is 1. The van der Waals surface area contributed by atoms with Crippen LogP contribution in [0.4, 0.5) is 24.5 Å². The van der Waals surface area contributed by atoms with E-state index < -0.39 is 27.3 Å². The average molecular weight is 495 g/mol. The molecule has 0 unspecified atom stereocenters. The maximum absolute atomic E-state index is 13.2. The van der Waals surface area contributed by atoms with Crippen LogP contribution < -0.4 is 14.9 Å². The molecule has 2 aromatic rings. The van der Waals surface area contributed by atoms with E-state index in [1.54, 1.807) is 30.3 Å². The zero-order valence-corrected chi connectivity index (χ0v) is 19.5. The lowest BCUT2D eigenvalue weighted by molar-refractivity contribution is -0.137. The molecule has 0 saturated heterocycles. The Labute approximate surface area is 196 Å². The molecule has 0 bridgehead atoms. The van der Waals surface area contributed by atoms with Crippen molar-refractivity contribution in [1.82, 2.24) is 5.32 Å². The van der Waals surface area contributed by atoms with Gasteiger partial charge in [-0.3, -0.25) is 9.10 Å². The van der Waals surface area contributed by atoms with Crippen LogP contribution in [-0.4, -0.2) is 39.7 Å². The first kappa shape index (κ1) is 25.4. The first-order valence-corrected chi connectivity index (χ1v) is 12.5. The van der Waals surface area contributed by atoms with Gasteiger partial charge in [-0.2, -0.15) is 18.4 Å². The number of carbonyl (C=O) groups is 1. The molecule has 0 radical (unpaired) electrons. The van der Waals surface area contributed by atoms with E-state index in [0.29, 0.717) is 42.6 Å². The van der Waals surface area contributed by atoms with Crippen LogP contribution in [-0.2, 0) is 16.2 Å². The van der Waals surface area contributed by atoms with E-state index in [-0.39, 0.29) is 18.0 Å². The topological polar surface area (TPSA) is 102 Å². The fourth-order valence-electron chi connectivity index (χ4n) is 3.87. The number of rotatable bonds is 6. The fourth-order valence-corrected chi connectivity index (χ4v) is 4.37. The molecule has 0 spiro atoms. The van der Waals surface area contributed by atoms with Crippen molar-refractivity contribution in [2.24, 2.45) is 0 Å². The third kappa shape index (κ3) is 6.20. The van der Waals surface area contributed by atoms with E-state index in [4.69, 9.17) is 5.26 Å². The zero-order chi connectivity index (χ0) is 25.1. The number of sulfonamides is 1. The van der Waals surface area contributed by atoms with Crippen molar-refractivity contribution in [2.45, 2.75) is 43.9 Å². The van der Waals surface area contributed by atoms with Crippen molar-refractivity contribution in [3.63, 3.8) is 0 Å². The molecule has 2 N–H and O–H groups in total. The highest BCUT2D eigenvalue weighted by molar-refractivity contribution is 7.92. The first-order valence-electron chi connectivity index (χ1n) is 10.6. The van der Waals surface area contributed by atoms with Crippen LogP contribution in [0.25, 0.3) is 0 Å². The molecule has 7 nitrogen and oxygen atoms in total. The number of hydrogen-bond donors (Lipinski definition) is 2. The molecule has 0 aromatic heterocycles. The maximum atomic E-state index is 13.2. The Morgan fingerprint density at radius 2 is 1.65 bits per heavy atom. The Balaban J connectivity index is 1.55. The number of alkyl halides is 3. The molecule has 1 fully saturated rings. The lowest BCUT2D eigenvalue weighted by Crippen LogP contribution is -2.40. The van der Waals surface area contributed by atoms with Gasteiger partial charge in [0.25, 0.3) is 5.91 Å². The minimum atomic E-state index is -4.61. The van der Waals surface area contributed by atoms with Gasteiger partial charge in [-0.25, -0.2) is 8.42 Å².